The summed E-state index contributed by atoms with van der Waals surface area (Å²) in [5.74, 6) is -0.444. The Hall–Kier alpha value is -1.95. The number of carbonyl (C=O) groups excluding carboxylic acids is 2. The summed E-state index contributed by atoms with van der Waals surface area (Å²) < 4.78 is 5.67. The second kappa shape index (κ2) is 8.43. The molecule has 1 aromatic heterocycles. The summed E-state index contributed by atoms with van der Waals surface area (Å²) in [6.07, 6.45) is 5.45. The number of anilines is 1. The van der Waals surface area contributed by atoms with Gasteiger partial charge in [0.05, 0.1) is 11.9 Å². The third-order valence-electron chi connectivity index (χ3n) is 4.20. The number of hydrogen-bond acceptors (Lipinski definition) is 5. The van der Waals surface area contributed by atoms with Gasteiger partial charge in [0.15, 0.2) is 0 Å². The Balaban J connectivity index is 2.41. The number of aromatic nitrogens is 1. The molecule has 0 aromatic carbocycles. The third kappa shape index (κ3) is 5.26. The molecule has 0 radical (unpaired) electrons. The van der Waals surface area contributed by atoms with Gasteiger partial charge in [-0.05, 0) is 52.3 Å². The van der Waals surface area contributed by atoms with Crippen molar-refractivity contribution in [3.63, 3.8) is 0 Å². The monoisotopic (exact) mass is 347 g/mol. The van der Waals surface area contributed by atoms with Crippen LogP contribution in [0.1, 0.15) is 47.0 Å². The van der Waals surface area contributed by atoms with E-state index in [-0.39, 0.29) is 17.8 Å². The van der Waals surface area contributed by atoms with Crippen molar-refractivity contribution in [3.05, 3.63) is 24.5 Å². The lowest BCUT2D eigenvalue weighted by atomic mass is 9.89. The van der Waals surface area contributed by atoms with Gasteiger partial charge in [0.25, 0.3) is 0 Å². The topological polar surface area (TPSA) is 71.5 Å². The Bertz CT molecular complexity index is 577. The van der Waals surface area contributed by atoms with Crippen LogP contribution in [0.25, 0.3) is 0 Å². The van der Waals surface area contributed by atoms with Gasteiger partial charge in [-0.25, -0.2) is 4.79 Å². The second-order valence-electron chi connectivity index (χ2n) is 7.41. The van der Waals surface area contributed by atoms with Crippen LogP contribution in [0.5, 0.6) is 0 Å². The molecule has 0 saturated carbocycles. The van der Waals surface area contributed by atoms with Crippen LogP contribution in [0.4, 0.5) is 5.69 Å². The quantitative estimate of drug-likeness (QED) is 0.829. The molecule has 6 nitrogen and oxygen atoms in total. The van der Waals surface area contributed by atoms with Gasteiger partial charge in [-0.3, -0.25) is 14.7 Å². The van der Waals surface area contributed by atoms with Crippen molar-refractivity contribution < 1.29 is 14.3 Å². The molecular formula is C19H29N3O3. The van der Waals surface area contributed by atoms with E-state index in [0.29, 0.717) is 18.7 Å². The molecule has 1 aromatic rings. The molecule has 0 spiro atoms. The van der Waals surface area contributed by atoms with E-state index in [2.05, 4.69) is 10.3 Å². The number of nitrogens with one attached hydrogen (secondary N) is 1. The molecule has 138 valence electrons. The van der Waals surface area contributed by atoms with Crippen molar-refractivity contribution in [1.82, 2.24) is 10.3 Å². The van der Waals surface area contributed by atoms with E-state index in [1.54, 1.807) is 30.3 Å². The first-order valence-electron chi connectivity index (χ1n) is 8.99. The smallest absolute Gasteiger partial charge is 0.330 e. The minimum Gasteiger partial charge on any atom is -0.458 e. The molecule has 0 aliphatic carbocycles. The summed E-state index contributed by atoms with van der Waals surface area (Å²) in [7, 11) is 0. The summed E-state index contributed by atoms with van der Waals surface area (Å²) in [4.78, 5) is 31.5. The summed E-state index contributed by atoms with van der Waals surface area (Å²) in [5.41, 5.74) is 0.0311. The number of rotatable bonds is 5. The predicted molar refractivity (Wildman–Crippen MR) is 97.2 cm³/mol. The lowest BCUT2D eigenvalue weighted by Crippen LogP contribution is -2.54. The Labute approximate surface area is 150 Å². The normalized spacial score (nSPS) is 19.1. The molecule has 2 atom stereocenters. The van der Waals surface area contributed by atoms with Gasteiger partial charge in [-0.2, -0.15) is 0 Å². The molecule has 1 aliphatic heterocycles. The minimum absolute atomic E-state index is 0.0132. The summed E-state index contributed by atoms with van der Waals surface area (Å²) >= 11 is 0. The maximum atomic E-state index is 13.0. The van der Waals surface area contributed by atoms with E-state index in [4.69, 9.17) is 4.74 Å². The van der Waals surface area contributed by atoms with Crippen LogP contribution >= 0.6 is 0 Å². The fraction of sp³-hybridized carbons (Fsp3) is 0.632. The SMILES string of the molecule is CCC(=O)N(c1cccnc1)C(C(=O)OC(C)(C)C)C1CCCNC1. The molecule has 1 saturated heterocycles. The lowest BCUT2D eigenvalue weighted by Gasteiger charge is -2.38. The van der Waals surface area contributed by atoms with E-state index in [0.717, 1.165) is 19.4 Å². The van der Waals surface area contributed by atoms with Crippen molar-refractivity contribution in [2.75, 3.05) is 18.0 Å². The Morgan fingerprint density at radius 1 is 1.44 bits per heavy atom. The molecule has 1 N–H and O–H groups in total. The maximum absolute atomic E-state index is 13.0. The first-order valence-corrected chi connectivity index (χ1v) is 8.99. The number of pyridine rings is 1. The molecule has 2 heterocycles. The van der Waals surface area contributed by atoms with E-state index in [1.165, 1.54) is 0 Å². The van der Waals surface area contributed by atoms with Gasteiger partial charge in [-0.15, -0.1) is 0 Å². The van der Waals surface area contributed by atoms with Crippen LogP contribution in [-0.4, -0.2) is 41.6 Å². The van der Waals surface area contributed by atoms with Crippen molar-refractivity contribution >= 4 is 17.6 Å². The van der Waals surface area contributed by atoms with Crippen LogP contribution in [-0.2, 0) is 14.3 Å². The Morgan fingerprint density at radius 2 is 2.20 bits per heavy atom. The van der Waals surface area contributed by atoms with E-state index in [1.807, 2.05) is 26.8 Å². The number of ether oxygens (including phenoxy) is 1. The van der Waals surface area contributed by atoms with Gasteiger partial charge in [-0.1, -0.05) is 6.92 Å². The highest BCUT2D eigenvalue weighted by Crippen LogP contribution is 2.27. The van der Waals surface area contributed by atoms with Crippen molar-refractivity contribution in [2.24, 2.45) is 5.92 Å². The van der Waals surface area contributed by atoms with Crippen LogP contribution in [0, 0.1) is 5.92 Å². The maximum Gasteiger partial charge on any atom is 0.330 e. The first-order chi connectivity index (χ1) is 11.8. The zero-order chi connectivity index (χ0) is 18.4. The van der Waals surface area contributed by atoms with Gasteiger partial charge < -0.3 is 10.1 Å². The third-order valence-corrected chi connectivity index (χ3v) is 4.20. The number of nitrogens with zero attached hydrogens (tertiary/aromatic N) is 2. The predicted octanol–water partition coefficient (Wildman–Crippen LogP) is 2.53. The molecule has 1 amide bonds. The molecule has 1 fully saturated rings. The van der Waals surface area contributed by atoms with Crippen LogP contribution in [0.2, 0.25) is 0 Å². The molecule has 2 unspecified atom stereocenters. The summed E-state index contributed by atoms with van der Waals surface area (Å²) in [6.45, 7) is 8.96. The molecule has 2 rings (SSSR count). The van der Waals surface area contributed by atoms with E-state index < -0.39 is 11.6 Å². The fourth-order valence-electron chi connectivity index (χ4n) is 3.15. The largest absolute Gasteiger partial charge is 0.458 e. The highest BCUT2D eigenvalue weighted by Gasteiger charge is 2.40. The molecular weight excluding hydrogens is 318 g/mol. The lowest BCUT2D eigenvalue weighted by molar-refractivity contribution is -0.159. The van der Waals surface area contributed by atoms with Gasteiger partial charge in [0.2, 0.25) is 5.91 Å². The Morgan fingerprint density at radius 3 is 2.72 bits per heavy atom. The van der Waals surface area contributed by atoms with Gasteiger partial charge >= 0.3 is 5.97 Å². The number of hydrogen-bond donors (Lipinski definition) is 1. The summed E-state index contributed by atoms with van der Waals surface area (Å²) in [5, 5.41) is 3.33. The van der Waals surface area contributed by atoms with Crippen molar-refractivity contribution in [3.8, 4) is 0 Å². The standard InChI is InChI=1S/C19H29N3O3/c1-5-16(23)22(15-9-7-11-21-13-15)17(14-8-6-10-20-12-14)18(24)25-19(2,3)4/h7,9,11,13-14,17,20H,5-6,8,10,12H2,1-4H3. The second-order valence-corrected chi connectivity index (χ2v) is 7.41. The molecule has 6 heteroatoms. The van der Waals surface area contributed by atoms with Gasteiger partial charge in [0.1, 0.15) is 11.6 Å². The number of esters is 1. The highest BCUT2D eigenvalue weighted by molar-refractivity contribution is 5.99. The van der Waals surface area contributed by atoms with Crippen molar-refractivity contribution in [1.29, 1.82) is 0 Å². The molecule has 25 heavy (non-hydrogen) atoms. The number of amides is 1. The van der Waals surface area contributed by atoms with Crippen LogP contribution < -0.4 is 10.2 Å². The average molecular weight is 347 g/mol. The van der Waals surface area contributed by atoms with Crippen LogP contribution in [0.15, 0.2) is 24.5 Å². The molecule has 1 aliphatic rings. The van der Waals surface area contributed by atoms with Gasteiger partial charge in [0, 0.05) is 25.1 Å². The van der Waals surface area contributed by atoms with Crippen LogP contribution in [0.3, 0.4) is 0 Å². The van der Waals surface area contributed by atoms with Crippen molar-refractivity contribution in [2.45, 2.75) is 58.6 Å². The highest BCUT2D eigenvalue weighted by atomic mass is 16.6. The molecule has 0 bridgehead atoms. The van der Waals surface area contributed by atoms with E-state index >= 15 is 0 Å². The minimum atomic E-state index is -0.649. The van der Waals surface area contributed by atoms with E-state index in [9.17, 15) is 9.59 Å². The first kappa shape index (κ1) is 19.4. The zero-order valence-corrected chi connectivity index (χ0v) is 15.6. The summed E-state index contributed by atoms with van der Waals surface area (Å²) in [6, 6.07) is 2.94. The number of piperidine rings is 1. The zero-order valence-electron chi connectivity index (χ0n) is 15.6. The fourth-order valence-corrected chi connectivity index (χ4v) is 3.15. The Kier molecular flexibility index (Phi) is 6.53. The number of carbonyl (C=O) groups is 2. The average Bonchev–Trinajstić information content (AvgIpc) is 2.58.